The van der Waals surface area contributed by atoms with Crippen LogP contribution >= 0.6 is 0 Å². The maximum absolute atomic E-state index is 12.0. The molecule has 23 heavy (non-hydrogen) atoms. The number of ether oxygens (including phenoxy) is 1. The number of benzene rings is 1. The molecule has 0 bridgehead atoms. The molecule has 0 saturated heterocycles. The minimum absolute atomic E-state index is 0.331. The van der Waals surface area contributed by atoms with Crippen LogP contribution in [0.25, 0.3) is 0 Å². The van der Waals surface area contributed by atoms with E-state index in [1.54, 1.807) is 31.2 Å². The number of rotatable bonds is 2. The first kappa shape index (κ1) is 17.3. The topological polar surface area (TPSA) is 46.5 Å². The van der Waals surface area contributed by atoms with E-state index >= 15 is 0 Å². The molecule has 0 spiro atoms. The first-order chi connectivity index (χ1) is 10.8. The molecule has 2 unspecified atom stereocenters. The molecule has 0 radical (unpaired) electrons. The van der Waals surface area contributed by atoms with Crippen molar-refractivity contribution in [1.29, 1.82) is 0 Å². The smallest absolute Gasteiger partial charge is 0.339 e. The summed E-state index contributed by atoms with van der Waals surface area (Å²) in [5.41, 5.74) is -0.155. The van der Waals surface area contributed by atoms with Gasteiger partial charge in [0.25, 0.3) is 0 Å². The van der Waals surface area contributed by atoms with Crippen molar-refractivity contribution in [3.05, 3.63) is 47.5 Å². The molecule has 1 aromatic carbocycles. The van der Waals surface area contributed by atoms with Crippen LogP contribution in [-0.4, -0.2) is 22.8 Å². The van der Waals surface area contributed by atoms with E-state index in [0.717, 1.165) is 18.4 Å². The zero-order valence-corrected chi connectivity index (χ0v) is 14.2. The van der Waals surface area contributed by atoms with Crippen LogP contribution in [0, 0.1) is 17.3 Å². The lowest BCUT2D eigenvalue weighted by atomic mass is 9.65. The van der Waals surface area contributed by atoms with Crippen LogP contribution in [0.1, 0.15) is 50.9 Å². The van der Waals surface area contributed by atoms with Gasteiger partial charge in [0.2, 0.25) is 0 Å². The van der Waals surface area contributed by atoms with Crippen molar-refractivity contribution < 1.29 is 14.6 Å². The maximum Gasteiger partial charge on any atom is 0.339 e. The van der Waals surface area contributed by atoms with Crippen molar-refractivity contribution in [2.75, 3.05) is 0 Å². The van der Waals surface area contributed by atoms with Gasteiger partial charge < -0.3 is 9.84 Å². The van der Waals surface area contributed by atoms with Crippen LogP contribution in [0.3, 0.4) is 0 Å². The molecule has 0 amide bonds. The third kappa shape index (κ3) is 3.65. The van der Waals surface area contributed by atoms with Crippen molar-refractivity contribution in [3.63, 3.8) is 0 Å². The van der Waals surface area contributed by atoms with Gasteiger partial charge in [0.05, 0.1) is 5.56 Å². The molecule has 2 rings (SSSR count). The van der Waals surface area contributed by atoms with E-state index in [1.165, 1.54) is 0 Å². The lowest BCUT2D eigenvalue weighted by Gasteiger charge is -2.42. The van der Waals surface area contributed by atoms with Crippen LogP contribution in [-0.2, 0) is 4.74 Å². The summed E-state index contributed by atoms with van der Waals surface area (Å²) in [4.78, 5) is 12.0. The lowest BCUT2D eigenvalue weighted by molar-refractivity contribution is 0.00432. The molecule has 0 saturated carbocycles. The monoisotopic (exact) mass is 312 g/mol. The van der Waals surface area contributed by atoms with Gasteiger partial charge in [-0.15, -0.1) is 0 Å². The van der Waals surface area contributed by atoms with Crippen LogP contribution in [0.4, 0.5) is 0 Å². The first-order valence-electron chi connectivity index (χ1n) is 7.94. The van der Waals surface area contributed by atoms with Crippen LogP contribution in [0.15, 0.2) is 42.0 Å². The third-order valence-electron chi connectivity index (χ3n) is 4.52. The Morgan fingerprint density at radius 3 is 2.57 bits per heavy atom. The number of carbonyl (C=O) groups excluding carboxylic acids is 1. The normalized spacial score (nSPS) is 24.0. The molecule has 122 valence electrons. The summed E-state index contributed by atoms with van der Waals surface area (Å²) < 4.78 is 5.33. The Kier molecular flexibility index (Phi) is 4.97. The van der Waals surface area contributed by atoms with E-state index in [4.69, 9.17) is 4.74 Å². The predicted molar refractivity (Wildman–Crippen MR) is 90.8 cm³/mol. The van der Waals surface area contributed by atoms with E-state index in [2.05, 4.69) is 11.8 Å². The number of hydrogen-bond acceptors (Lipinski definition) is 3. The molecule has 3 heteroatoms. The molecular weight excluding hydrogens is 288 g/mol. The highest BCUT2D eigenvalue weighted by Crippen LogP contribution is 2.43. The van der Waals surface area contributed by atoms with Gasteiger partial charge in [-0.1, -0.05) is 50.0 Å². The lowest BCUT2D eigenvalue weighted by Crippen LogP contribution is -2.46. The Hall–Kier alpha value is -2.05. The van der Waals surface area contributed by atoms with E-state index < -0.39 is 17.7 Å². The molecule has 2 atom stereocenters. The highest BCUT2D eigenvalue weighted by atomic mass is 16.5. The van der Waals surface area contributed by atoms with Crippen LogP contribution in [0.2, 0.25) is 0 Å². The Labute approximate surface area is 138 Å². The van der Waals surface area contributed by atoms with Gasteiger partial charge in [0.1, 0.15) is 0 Å². The molecule has 0 heterocycles. The highest BCUT2D eigenvalue weighted by molar-refractivity contribution is 5.89. The number of hydrogen-bond donors (Lipinski definition) is 1. The standard InChI is InChI=1S/C20H24O3/c1-15-9-8-13-19(3,4)20(15,22)14-12-16(2)23-18(21)17-10-6-5-7-11-17/h5-7,9-11,16,22H,8,13H2,1-4H3. The molecule has 1 aromatic rings. The summed E-state index contributed by atoms with van der Waals surface area (Å²) in [7, 11) is 0. The fourth-order valence-corrected chi connectivity index (χ4v) is 2.82. The number of carbonyl (C=O) groups is 1. The highest BCUT2D eigenvalue weighted by Gasteiger charge is 2.45. The van der Waals surface area contributed by atoms with Gasteiger partial charge in [-0.05, 0) is 44.4 Å². The minimum atomic E-state index is -1.18. The fourth-order valence-electron chi connectivity index (χ4n) is 2.82. The van der Waals surface area contributed by atoms with Crippen LogP contribution < -0.4 is 0 Å². The van der Waals surface area contributed by atoms with Gasteiger partial charge in [-0.25, -0.2) is 4.79 Å². The van der Waals surface area contributed by atoms with Gasteiger partial charge in [-0.3, -0.25) is 0 Å². The summed E-state index contributed by atoms with van der Waals surface area (Å²) in [6.07, 6.45) is 3.26. The summed E-state index contributed by atoms with van der Waals surface area (Å²) in [6.45, 7) is 7.64. The van der Waals surface area contributed by atoms with E-state index in [0.29, 0.717) is 5.56 Å². The largest absolute Gasteiger partial charge is 0.446 e. The average Bonchev–Trinajstić information content (AvgIpc) is 2.51. The van der Waals surface area contributed by atoms with Crippen molar-refractivity contribution in [2.45, 2.75) is 52.2 Å². The average molecular weight is 312 g/mol. The first-order valence-corrected chi connectivity index (χ1v) is 7.94. The van der Waals surface area contributed by atoms with Crippen molar-refractivity contribution in [2.24, 2.45) is 5.41 Å². The molecule has 1 N–H and O–H groups in total. The van der Waals surface area contributed by atoms with Crippen molar-refractivity contribution >= 4 is 5.97 Å². The van der Waals surface area contributed by atoms with Gasteiger partial charge >= 0.3 is 5.97 Å². The zero-order valence-electron chi connectivity index (χ0n) is 14.2. The number of aliphatic hydroxyl groups is 1. The summed E-state index contributed by atoms with van der Waals surface area (Å²) >= 11 is 0. The van der Waals surface area contributed by atoms with Crippen LogP contribution in [0.5, 0.6) is 0 Å². The Morgan fingerprint density at radius 2 is 1.96 bits per heavy atom. The van der Waals surface area contributed by atoms with Crippen molar-refractivity contribution in [3.8, 4) is 11.8 Å². The van der Waals surface area contributed by atoms with E-state index in [9.17, 15) is 9.90 Å². The SMILES string of the molecule is CC1=CCCC(C)(C)C1(O)C#CC(C)OC(=O)c1ccccc1. The Morgan fingerprint density at radius 1 is 1.30 bits per heavy atom. The van der Waals surface area contributed by atoms with Gasteiger partial charge in [0, 0.05) is 5.41 Å². The molecule has 1 aliphatic carbocycles. The molecule has 0 aliphatic heterocycles. The van der Waals surface area contributed by atoms with E-state index in [-0.39, 0.29) is 5.41 Å². The Balaban J connectivity index is 2.13. The third-order valence-corrected chi connectivity index (χ3v) is 4.52. The second-order valence-corrected chi connectivity index (χ2v) is 6.70. The second-order valence-electron chi connectivity index (χ2n) is 6.70. The molecule has 0 aromatic heterocycles. The molecular formula is C20H24O3. The summed E-state index contributed by atoms with van der Waals surface area (Å²) in [6, 6.07) is 8.82. The molecule has 3 nitrogen and oxygen atoms in total. The Bertz CT molecular complexity index is 661. The quantitative estimate of drug-likeness (QED) is 0.514. The fraction of sp³-hybridized carbons (Fsp3) is 0.450. The number of esters is 1. The van der Waals surface area contributed by atoms with Gasteiger partial charge in [0.15, 0.2) is 11.7 Å². The summed E-state index contributed by atoms with van der Waals surface area (Å²) in [5, 5.41) is 11.0. The second kappa shape index (κ2) is 6.60. The number of allylic oxidation sites excluding steroid dienone is 1. The van der Waals surface area contributed by atoms with Crippen molar-refractivity contribution in [1.82, 2.24) is 0 Å². The predicted octanol–water partition coefficient (Wildman–Crippen LogP) is 3.73. The van der Waals surface area contributed by atoms with Gasteiger partial charge in [-0.2, -0.15) is 0 Å². The summed E-state index contributed by atoms with van der Waals surface area (Å²) in [5.74, 6) is 5.44. The minimum Gasteiger partial charge on any atom is -0.446 e. The zero-order chi connectivity index (χ0) is 17.1. The maximum atomic E-state index is 12.0. The molecule has 0 fully saturated rings. The van der Waals surface area contributed by atoms with E-state index in [1.807, 2.05) is 32.9 Å². The molecule has 1 aliphatic rings.